The molecule has 0 aliphatic rings. The molecule has 2 aromatic heterocycles. The number of carbonyl (C=O) groups is 3. The molecule has 5 N–H and O–H groups in total. The van der Waals surface area contributed by atoms with Crippen LogP contribution in [-0.2, 0) is 0 Å². The Morgan fingerprint density at radius 2 is 1.10 bits per heavy atom. The molecule has 0 bridgehead atoms. The third-order valence-electron chi connectivity index (χ3n) is 9.05. The highest BCUT2D eigenvalue weighted by Gasteiger charge is 2.13. The molecule has 0 aliphatic heterocycles. The van der Waals surface area contributed by atoms with Gasteiger partial charge in [-0.1, -0.05) is 70.5 Å². The van der Waals surface area contributed by atoms with Crippen molar-refractivity contribution in [3.05, 3.63) is 178 Å². The Bertz CT molecular complexity index is 2650. The van der Waals surface area contributed by atoms with Crippen molar-refractivity contribution in [1.82, 2.24) is 9.97 Å². The third-order valence-corrected chi connectivity index (χ3v) is 9.54. The molecule has 0 radical (unpaired) electrons. The van der Waals surface area contributed by atoms with E-state index in [0.29, 0.717) is 40.3 Å². The van der Waals surface area contributed by atoms with Crippen LogP contribution in [0.15, 0.2) is 150 Å². The molecule has 316 valence electrons. The number of anilines is 4. The first-order valence-corrected chi connectivity index (χ1v) is 20.2. The van der Waals surface area contributed by atoms with E-state index in [4.69, 9.17) is 14.6 Å². The fraction of sp³-hybridized carbons (Fsp3) is 0.122. The molecule has 5 aromatic carbocycles. The number of nitrogens with one attached hydrogen (secondary N) is 2. The van der Waals surface area contributed by atoms with Crippen LogP contribution in [0.25, 0.3) is 22.5 Å². The number of para-hydroxylation sites is 1. The quantitative estimate of drug-likeness (QED) is 0.0740. The molecule has 0 atom stereocenters. The fourth-order valence-corrected chi connectivity index (χ4v) is 6.36. The van der Waals surface area contributed by atoms with E-state index in [1.807, 2.05) is 93.6 Å². The Morgan fingerprint density at radius 3 is 1.65 bits per heavy atom. The van der Waals surface area contributed by atoms with Gasteiger partial charge in [-0.15, -0.1) is 0 Å². The van der Waals surface area contributed by atoms with E-state index < -0.39 is 17.9 Å². The van der Waals surface area contributed by atoms with Gasteiger partial charge in [0.2, 0.25) is 0 Å². The Labute approximate surface area is 368 Å². The predicted molar refractivity (Wildman–Crippen MR) is 246 cm³/mol. The van der Waals surface area contributed by atoms with Crippen LogP contribution in [0.4, 0.5) is 22.7 Å². The van der Waals surface area contributed by atoms with Crippen LogP contribution in [0.1, 0.15) is 56.0 Å². The molecule has 2 heterocycles. The van der Waals surface area contributed by atoms with Crippen molar-refractivity contribution in [3.63, 3.8) is 0 Å². The summed E-state index contributed by atoms with van der Waals surface area (Å²) in [6, 6.07) is 40.0. The first-order valence-electron chi connectivity index (χ1n) is 19.4. The molecule has 0 unspecified atom stereocenters. The highest BCUT2D eigenvalue weighted by atomic mass is 79.9. The molecule has 0 fully saturated rings. The van der Waals surface area contributed by atoms with Crippen molar-refractivity contribution < 1.29 is 39.2 Å². The van der Waals surface area contributed by atoms with Gasteiger partial charge in [0.25, 0.3) is 0 Å². The zero-order valence-corrected chi connectivity index (χ0v) is 36.0. The number of pyridine rings is 2. The van der Waals surface area contributed by atoms with Crippen LogP contribution in [0.2, 0.25) is 0 Å². The van der Waals surface area contributed by atoms with E-state index in [9.17, 15) is 24.6 Å². The largest absolute Gasteiger partial charge is 0.494 e. The van der Waals surface area contributed by atoms with Crippen molar-refractivity contribution in [1.29, 1.82) is 0 Å². The smallest absolute Gasteiger partial charge is 0.337 e. The standard InChI is InChI=1S/C21H20N2O3.C20H17BrN2O3.C8H8O2/c1-3-26-16-8-6-7-15(12-16)19-11-14(2)20(13-22-19)23-18-10-5-4-9-17(18)21(24)25;1-2-26-16-5-3-4-13(10-16)18-9-7-15(12-22-18)23-19-8-6-14(21)11-17(19)20(24)25;1-6-4-2-3-5-7(6)8(9)10/h4-13,23H,3H2,1-2H3,(H,24,25);3-12,23H,2H2,1H3,(H,24,25);2-5H,1H3,(H,9,10). The summed E-state index contributed by atoms with van der Waals surface area (Å²) in [5, 5.41) is 33.5. The van der Waals surface area contributed by atoms with E-state index in [-0.39, 0.29) is 11.1 Å². The number of carboxylic acids is 3. The number of carboxylic acid groups (broad SMARTS) is 3. The second-order valence-corrected chi connectivity index (χ2v) is 14.4. The molecular formula is C49H45BrN4O8. The highest BCUT2D eigenvalue weighted by Crippen LogP contribution is 2.29. The van der Waals surface area contributed by atoms with Gasteiger partial charge < -0.3 is 35.4 Å². The Morgan fingerprint density at radius 1 is 0.532 bits per heavy atom. The predicted octanol–water partition coefficient (Wildman–Crippen LogP) is 11.9. The SMILES string of the molecule is CCOc1cccc(-c2cc(C)c(Nc3ccccc3C(=O)O)cn2)c1.CCOc1cccc(-c2ccc(Nc3ccc(Br)cc3C(=O)O)cn2)c1.Cc1ccccc1C(=O)O. The van der Waals surface area contributed by atoms with E-state index in [1.165, 1.54) is 0 Å². The summed E-state index contributed by atoms with van der Waals surface area (Å²) in [6.45, 7) is 8.86. The number of aromatic carboxylic acids is 3. The molecule has 0 spiro atoms. The van der Waals surface area contributed by atoms with Gasteiger partial charge in [0.05, 0.1) is 76.4 Å². The van der Waals surface area contributed by atoms with Gasteiger partial charge >= 0.3 is 17.9 Å². The van der Waals surface area contributed by atoms with Crippen molar-refractivity contribution in [3.8, 4) is 34.0 Å². The number of hydrogen-bond acceptors (Lipinski definition) is 9. The fourth-order valence-electron chi connectivity index (χ4n) is 6.00. The van der Waals surface area contributed by atoms with Crippen molar-refractivity contribution in [2.45, 2.75) is 27.7 Å². The number of nitrogens with zero attached hydrogens (tertiary/aromatic N) is 2. The number of aromatic nitrogens is 2. The molecule has 12 nitrogen and oxygen atoms in total. The lowest BCUT2D eigenvalue weighted by Gasteiger charge is -2.13. The minimum absolute atomic E-state index is 0.188. The molecule has 0 saturated heterocycles. The van der Waals surface area contributed by atoms with Crippen LogP contribution in [0.3, 0.4) is 0 Å². The molecule has 7 rings (SSSR count). The highest BCUT2D eigenvalue weighted by molar-refractivity contribution is 9.10. The number of benzene rings is 5. The maximum atomic E-state index is 11.4. The summed E-state index contributed by atoms with van der Waals surface area (Å²) in [5.41, 5.74) is 8.65. The Hall–Kier alpha value is -7.51. The lowest BCUT2D eigenvalue weighted by Crippen LogP contribution is -2.03. The zero-order valence-electron chi connectivity index (χ0n) is 34.4. The third kappa shape index (κ3) is 12.7. The minimum atomic E-state index is -0.994. The topological polar surface area (TPSA) is 180 Å². The first-order chi connectivity index (χ1) is 29.9. The second kappa shape index (κ2) is 22.2. The van der Waals surface area contributed by atoms with Crippen LogP contribution in [0.5, 0.6) is 11.5 Å². The van der Waals surface area contributed by atoms with E-state index >= 15 is 0 Å². The summed E-state index contributed by atoms with van der Waals surface area (Å²) in [5.74, 6) is -1.22. The molecular weight excluding hydrogens is 852 g/mol. The average molecular weight is 898 g/mol. The number of halogens is 1. The molecule has 13 heteroatoms. The van der Waals surface area contributed by atoms with Crippen LogP contribution in [0, 0.1) is 13.8 Å². The molecule has 62 heavy (non-hydrogen) atoms. The molecule has 0 aliphatic carbocycles. The normalized spacial score (nSPS) is 10.2. The molecule has 0 saturated carbocycles. The monoisotopic (exact) mass is 896 g/mol. The minimum Gasteiger partial charge on any atom is -0.494 e. The first kappa shape index (κ1) is 45.6. The van der Waals surface area contributed by atoms with Crippen molar-refractivity contribution in [2.75, 3.05) is 23.8 Å². The number of aryl methyl sites for hydroxylation is 2. The maximum Gasteiger partial charge on any atom is 0.337 e. The zero-order chi connectivity index (χ0) is 44.6. The summed E-state index contributed by atoms with van der Waals surface area (Å²) in [6.07, 6.45) is 3.40. The van der Waals surface area contributed by atoms with E-state index in [0.717, 1.165) is 50.8 Å². The maximum absolute atomic E-state index is 11.4. The van der Waals surface area contributed by atoms with Crippen LogP contribution >= 0.6 is 15.9 Å². The lowest BCUT2D eigenvalue weighted by molar-refractivity contribution is 0.0685. The van der Waals surface area contributed by atoms with Crippen molar-refractivity contribution >= 4 is 56.6 Å². The van der Waals surface area contributed by atoms with E-state index in [1.54, 1.807) is 80.0 Å². The number of rotatable bonds is 13. The number of hydrogen-bond donors (Lipinski definition) is 5. The van der Waals surface area contributed by atoms with Gasteiger partial charge in [0.15, 0.2) is 0 Å². The summed E-state index contributed by atoms with van der Waals surface area (Å²) < 4.78 is 11.8. The van der Waals surface area contributed by atoms with Gasteiger partial charge in [0, 0.05) is 15.6 Å². The van der Waals surface area contributed by atoms with Gasteiger partial charge in [-0.2, -0.15) is 0 Å². The Balaban J connectivity index is 0.000000192. The van der Waals surface area contributed by atoms with Gasteiger partial charge in [-0.25, -0.2) is 14.4 Å². The average Bonchev–Trinajstić information content (AvgIpc) is 3.26. The Kier molecular flexibility index (Phi) is 16.3. The summed E-state index contributed by atoms with van der Waals surface area (Å²) in [4.78, 5) is 42.2. The second-order valence-electron chi connectivity index (χ2n) is 13.5. The van der Waals surface area contributed by atoms with Gasteiger partial charge in [-0.05, 0) is 118 Å². The van der Waals surface area contributed by atoms with Crippen LogP contribution < -0.4 is 20.1 Å². The van der Waals surface area contributed by atoms with Crippen molar-refractivity contribution in [2.24, 2.45) is 0 Å². The van der Waals surface area contributed by atoms with Gasteiger partial charge in [0.1, 0.15) is 11.5 Å². The van der Waals surface area contributed by atoms with Crippen LogP contribution in [-0.4, -0.2) is 56.4 Å². The lowest BCUT2D eigenvalue weighted by atomic mass is 10.1. The van der Waals surface area contributed by atoms with E-state index in [2.05, 4.69) is 36.5 Å². The number of ether oxygens (including phenoxy) is 2. The summed E-state index contributed by atoms with van der Waals surface area (Å²) >= 11 is 3.29. The molecule has 7 aromatic rings. The summed E-state index contributed by atoms with van der Waals surface area (Å²) in [7, 11) is 0. The molecule has 0 amide bonds. The van der Waals surface area contributed by atoms with Gasteiger partial charge in [-0.3, -0.25) is 9.97 Å².